The molecule has 0 saturated carbocycles. The molecule has 7 nitrogen and oxygen atoms in total. The number of amides is 4. The lowest BCUT2D eigenvalue weighted by Crippen LogP contribution is -2.41. The molecule has 0 bridgehead atoms. The summed E-state index contributed by atoms with van der Waals surface area (Å²) < 4.78 is 5.07. The molecule has 0 unspecified atom stereocenters. The molecule has 0 aromatic rings. The number of rotatable bonds is 6. The van der Waals surface area contributed by atoms with Gasteiger partial charge in [0.25, 0.3) is 5.91 Å². The summed E-state index contributed by atoms with van der Waals surface area (Å²) in [5.74, 6) is -0.591. The molecular weight excluding hydrogens is 262 g/mol. The van der Waals surface area contributed by atoms with E-state index >= 15 is 0 Å². The average molecular weight is 285 g/mol. The van der Waals surface area contributed by atoms with Crippen molar-refractivity contribution in [1.29, 1.82) is 0 Å². The standard InChI is InChI=1S/C13H23N3O4/c1-13(2,8-20-5)7-14-10(17)6-9-11(18)16(4)12(19)15(9)3/h9H,6-8H2,1-5H3,(H,14,17)/t9-/m1/s1. The van der Waals surface area contributed by atoms with Crippen LogP contribution in [-0.4, -0.2) is 68.0 Å². The van der Waals surface area contributed by atoms with E-state index in [-0.39, 0.29) is 29.7 Å². The van der Waals surface area contributed by atoms with Crippen molar-refractivity contribution >= 4 is 17.8 Å². The van der Waals surface area contributed by atoms with Gasteiger partial charge in [0.1, 0.15) is 6.04 Å². The maximum Gasteiger partial charge on any atom is 0.326 e. The van der Waals surface area contributed by atoms with Crippen molar-refractivity contribution < 1.29 is 19.1 Å². The molecule has 20 heavy (non-hydrogen) atoms. The molecule has 0 spiro atoms. The van der Waals surface area contributed by atoms with Crippen LogP contribution in [0.4, 0.5) is 4.79 Å². The van der Waals surface area contributed by atoms with Gasteiger partial charge in [0.05, 0.1) is 13.0 Å². The topological polar surface area (TPSA) is 79.0 Å². The molecular formula is C13H23N3O4. The number of ether oxygens (including phenoxy) is 1. The first-order chi connectivity index (χ1) is 9.19. The second-order valence-corrected chi connectivity index (χ2v) is 5.88. The minimum atomic E-state index is -0.710. The third kappa shape index (κ3) is 3.69. The van der Waals surface area contributed by atoms with E-state index in [9.17, 15) is 14.4 Å². The highest BCUT2D eigenvalue weighted by atomic mass is 16.5. The molecule has 1 saturated heterocycles. The summed E-state index contributed by atoms with van der Waals surface area (Å²) in [6.45, 7) is 4.92. The Morgan fingerprint density at radius 2 is 1.95 bits per heavy atom. The molecule has 7 heteroatoms. The lowest BCUT2D eigenvalue weighted by atomic mass is 9.95. The minimum absolute atomic E-state index is 0.0194. The number of methoxy groups -OCH3 is 1. The van der Waals surface area contributed by atoms with Crippen LogP contribution in [-0.2, 0) is 14.3 Å². The van der Waals surface area contributed by atoms with Crippen LogP contribution in [0.25, 0.3) is 0 Å². The van der Waals surface area contributed by atoms with Gasteiger partial charge in [0, 0.05) is 33.2 Å². The Bertz CT molecular complexity index is 408. The molecule has 1 heterocycles. The molecule has 1 aliphatic heterocycles. The Morgan fingerprint density at radius 1 is 1.35 bits per heavy atom. The van der Waals surface area contributed by atoms with Crippen LogP contribution >= 0.6 is 0 Å². The van der Waals surface area contributed by atoms with E-state index in [1.54, 1.807) is 7.11 Å². The minimum Gasteiger partial charge on any atom is -0.384 e. The van der Waals surface area contributed by atoms with Gasteiger partial charge in [-0.25, -0.2) is 4.79 Å². The molecule has 0 radical (unpaired) electrons. The van der Waals surface area contributed by atoms with Crippen molar-refractivity contribution in [1.82, 2.24) is 15.1 Å². The number of hydrogen-bond acceptors (Lipinski definition) is 4. The molecule has 1 atom stereocenters. The summed E-state index contributed by atoms with van der Waals surface area (Å²) >= 11 is 0. The Labute approximate surface area is 119 Å². The van der Waals surface area contributed by atoms with Crippen LogP contribution in [0.2, 0.25) is 0 Å². The summed E-state index contributed by atoms with van der Waals surface area (Å²) in [6, 6.07) is -1.09. The van der Waals surface area contributed by atoms with E-state index < -0.39 is 6.04 Å². The number of carbonyl (C=O) groups is 3. The van der Waals surface area contributed by atoms with Crippen molar-refractivity contribution in [3.63, 3.8) is 0 Å². The van der Waals surface area contributed by atoms with E-state index in [4.69, 9.17) is 4.74 Å². The Kier molecular flexibility index (Phi) is 5.10. The predicted octanol–water partition coefficient (Wildman–Crippen LogP) is 0.0577. The average Bonchev–Trinajstić information content (AvgIpc) is 2.54. The summed E-state index contributed by atoms with van der Waals surface area (Å²) in [5.41, 5.74) is -0.178. The zero-order valence-electron chi connectivity index (χ0n) is 12.7. The predicted molar refractivity (Wildman–Crippen MR) is 73.0 cm³/mol. The quantitative estimate of drug-likeness (QED) is 0.700. The summed E-state index contributed by atoms with van der Waals surface area (Å²) in [5, 5.41) is 2.78. The highest BCUT2D eigenvalue weighted by Crippen LogP contribution is 2.17. The van der Waals surface area contributed by atoms with Gasteiger partial charge in [-0.05, 0) is 0 Å². The van der Waals surface area contributed by atoms with Crippen LogP contribution in [0, 0.1) is 5.41 Å². The fraction of sp³-hybridized carbons (Fsp3) is 0.769. The normalized spacial score (nSPS) is 19.8. The van der Waals surface area contributed by atoms with Crippen LogP contribution < -0.4 is 5.32 Å². The fourth-order valence-electron chi connectivity index (χ4n) is 2.11. The van der Waals surface area contributed by atoms with Gasteiger partial charge < -0.3 is 15.0 Å². The summed E-state index contributed by atoms with van der Waals surface area (Å²) in [4.78, 5) is 37.6. The van der Waals surface area contributed by atoms with Crippen LogP contribution in [0.5, 0.6) is 0 Å². The Hall–Kier alpha value is -1.63. The SMILES string of the molecule is COCC(C)(C)CNC(=O)C[C@@H]1C(=O)N(C)C(=O)N1C. The van der Waals surface area contributed by atoms with E-state index in [0.717, 1.165) is 4.90 Å². The second kappa shape index (κ2) is 6.21. The summed E-state index contributed by atoms with van der Waals surface area (Å²) in [7, 11) is 4.55. The van der Waals surface area contributed by atoms with E-state index in [1.807, 2.05) is 13.8 Å². The molecule has 0 aliphatic carbocycles. The van der Waals surface area contributed by atoms with Crippen molar-refractivity contribution in [3.05, 3.63) is 0 Å². The van der Waals surface area contributed by atoms with E-state index in [1.165, 1.54) is 19.0 Å². The van der Waals surface area contributed by atoms with Gasteiger partial charge in [-0.3, -0.25) is 14.5 Å². The molecule has 0 aromatic heterocycles. The molecule has 1 fully saturated rings. The Morgan fingerprint density at radius 3 is 2.40 bits per heavy atom. The Balaban J connectivity index is 2.51. The van der Waals surface area contributed by atoms with Gasteiger partial charge in [0.15, 0.2) is 0 Å². The highest BCUT2D eigenvalue weighted by molar-refractivity contribution is 6.05. The van der Waals surface area contributed by atoms with E-state index in [2.05, 4.69) is 5.32 Å². The van der Waals surface area contributed by atoms with Crippen molar-refractivity contribution in [2.45, 2.75) is 26.3 Å². The largest absolute Gasteiger partial charge is 0.384 e. The van der Waals surface area contributed by atoms with Crippen LogP contribution in [0.3, 0.4) is 0 Å². The van der Waals surface area contributed by atoms with Gasteiger partial charge in [-0.1, -0.05) is 13.8 Å². The molecule has 0 aromatic carbocycles. The maximum absolute atomic E-state index is 11.9. The third-order valence-electron chi connectivity index (χ3n) is 3.35. The third-order valence-corrected chi connectivity index (χ3v) is 3.35. The number of carbonyl (C=O) groups excluding carboxylic acids is 3. The maximum atomic E-state index is 11.9. The number of nitrogens with zero attached hydrogens (tertiary/aromatic N) is 2. The summed E-state index contributed by atoms with van der Waals surface area (Å²) in [6.07, 6.45) is -0.0194. The van der Waals surface area contributed by atoms with Gasteiger partial charge in [0.2, 0.25) is 5.91 Å². The fourth-order valence-corrected chi connectivity index (χ4v) is 2.11. The van der Waals surface area contributed by atoms with Crippen molar-refractivity contribution in [2.24, 2.45) is 5.41 Å². The molecule has 1 rings (SSSR count). The first-order valence-electron chi connectivity index (χ1n) is 6.49. The zero-order valence-corrected chi connectivity index (χ0v) is 12.7. The van der Waals surface area contributed by atoms with Gasteiger partial charge in [-0.2, -0.15) is 0 Å². The molecule has 1 N–H and O–H groups in total. The number of imide groups is 1. The number of likely N-dealkylation sites (N-methyl/N-ethyl adjacent to an activating group) is 2. The number of hydrogen-bond donors (Lipinski definition) is 1. The monoisotopic (exact) mass is 285 g/mol. The second-order valence-electron chi connectivity index (χ2n) is 5.88. The van der Waals surface area contributed by atoms with Crippen molar-refractivity contribution in [3.8, 4) is 0 Å². The lowest BCUT2D eigenvalue weighted by molar-refractivity contribution is -0.131. The van der Waals surface area contributed by atoms with Gasteiger partial charge in [-0.15, -0.1) is 0 Å². The van der Waals surface area contributed by atoms with Crippen LogP contribution in [0.15, 0.2) is 0 Å². The zero-order chi connectivity index (χ0) is 15.5. The van der Waals surface area contributed by atoms with Gasteiger partial charge >= 0.3 is 6.03 Å². The molecule has 1 aliphatic rings. The van der Waals surface area contributed by atoms with Crippen molar-refractivity contribution in [2.75, 3.05) is 34.4 Å². The number of urea groups is 1. The molecule has 114 valence electrons. The van der Waals surface area contributed by atoms with E-state index in [0.29, 0.717) is 13.2 Å². The highest BCUT2D eigenvalue weighted by Gasteiger charge is 2.41. The lowest BCUT2D eigenvalue weighted by Gasteiger charge is -2.24. The smallest absolute Gasteiger partial charge is 0.326 e. The van der Waals surface area contributed by atoms with Crippen LogP contribution in [0.1, 0.15) is 20.3 Å². The first-order valence-corrected chi connectivity index (χ1v) is 6.49. The first kappa shape index (κ1) is 16.4. The molecule has 4 amide bonds. The number of nitrogens with one attached hydrogen (secondary N) is 1.